The molecular formula is C31H29N5O3S2. The van der Waals surface area contributed by atoms with Gasteiger partial charge in [-0.1, -0.05) is 66.7 Å². The molecule has 0 radical (unpaired) electrons. The molecule has 0 bridgehead atoms. The Hall–Kier alpha value is -4.28. The van der Waals surface area contributed by atoms with Gasteiger partial charge in [-0.3, -0.25) is 14.4 Å². The molecule has 4 heterocycles. The summed E-state index contributed by atoms with van der Waals surface area (Å²) in [6.07, 6.45) is 0.841. The van der Waals surface area contributed by atoms with Crippen LogP contribution in [-0.2, 0) is 23.0 Å². The molecule has 0 saturated heterocycles. The Kier molecular flexibility index (Phi) is 6.96. The van der Waals surface area contributed by atoms with Gasteiger partial charge in [0.2, 0.25) is 0 Å². The highest BCUT2D eigenvalue weighted by molar-refractivity contribution is 7.94. The van der Waals surface area contributed by atoms with Gasteiger partial charge in [-0.05, 0) is 55.8 Å². The Morgan fingerprint density at radius 1 is 0.976 bits per heavy atom. The predicted molar refractivity (Wildman–Crippen MR) is 163 cm³/mol. The van der Waals surface area contributed by atoms with Crippen molar-refractivity contribution in [2.24, 2.45) is 0 Å². The molecule has 0 atom stereocenters. The Morgan fingerprint density at radius 3 is 2.41 bits per heavy atom. The van der Waals surface area contributed by atoms with Crippen LogP contribution in [0.1, 0.15) is 35.2 Å². The van der Waals surface area contributed by atoms with Crippen molar-refractivity contribution in [2.45, 2.75) is 44.9 Å². The van der Waals surface area contributed by atoms with Crippen molar-refractivity contribution < 1.29 is 12.9 Å². The standard InChI is InChI=1S/C31H29N5O3S2/c1-5-25-17-27-28(20(3)32-25)29(24-9-7-6-8-10-24)33-36(27)18-22-11-13-23(14-12-22)26-15-16-40-31(26)41(37,38)35-30-19(2)21(4)39-34-30/h6-17H,5,18H2,1-4H3,(H,34,35). The molecule has 6 rings (SSSR count). The second kappa shape index (κ2) is 10.6. The van der Waals surface area contributed by atoms with Crippen LogP contribution in [-0.4, -0.2) is 28.3 Å². The van der Waals surface area contributed by atoms with Gasteiger partial charge in [0.15, 0.2) is 5.82 Å². The normalized spacial score (nSPS) is 11.8. The van der Waals surface area contributed by atoms with E-state index < -0.39 is 10.0 Å². The molecule has 0 amide bonds. The zero-order valence-electron chi connectivity index (χ0n) is 23.2. The van der Waals surface area contributed by atoms with E-state index in [4.69, 9.17) is 14.6 Å². The highest BCUT2D eigenvalue weighted by atomic mass is 32.2. The van der Waals surface area contributed by atoms with Crippen LogP contribution < -0.4 is 4.72 Å². The third kappa shape index (κ3) is 5.05. The molecular weight excluding hydrogens is 555 g/mol. The fraction of sp³-hybridized carbons (Fsp3) is 0.194. The third-order valence-electron chi connectivity index (χ3n) is 7.24. The fourth-order valence-corrected chi connectivity index (χ4v) is 7.36. The summed E-state index contributed by atoms with van der Waals surface area (Å²) < 4.78 is 36.5. The number of hydrogen-bond donors (Lipinski definition) is 1. The van der Waals surface area contributed by atoms with Crippen LogP contribution in [0.5, 0.6) is 0 Å². The summed E-state index contributed by atoms with van der Waals surface area (Å²) in [5, 5.41) is 11.7. The van der Waals surface area contributed by atoms with Gasteiger partial charge in [-0.25, -0.2) is 8.42 Å². The van der Waals surface area contributed by atoms with Crippen molar-refractivity contribution in [3.8, 4) is 22.4 Å². The van der Waals surface area contributed by atoms with Gasteiger partial charge in [0, 0.05) is 33.5 Å². The lowest BCUT2D eigenvalue weighted by atomic mass is 10.1. The molecule has 41 heavy (non-hydrogen) atoms. The topological polar surface area (TPSA) is 103 Å². The van der Waals surface area contributed by atoms with Crippen molar-refractivity contribution in [1.29, 1.82) is 0 Å². The molecule has 0 aliphatic carbocycles. The maximum absolute atomic E-state index is 13.3. The van der Waals surface area contributed by atoms with Gasteiger partial charge in [0.05, 0.1) is 12.1 Å². The van der Waals surface area contributed by atoms with Crippen LogP contribution in [0, 0.1) is 20.8 Å². The van der Waals surface area contributed by atoms with Gasteiger partial charge in [-0.15, -0.1) is 11.3 Å². The lowest BCUT2D eigenvalue weighted by molar-refractivity contribution is 0.399. The molecule has 10 heteroatoms. The van der Waals surface area contributed by atoms with Gasteiger partial charge >= 0.3 is 0 Å². The summed E-state index contributed by atoms with van der Waals surface area (Å²) in [5.41, 5.74) is 8.18. The smallest absolute Gasteiger partial charge is 0.273 e. The maximum atomic E-state index is 13.3. The number of anilines is 1. The van der Waals surface area contributed by atoms with E-state index in [1.165, 1.54) is 11.3 Å². The summed E-state index contributed by atoms with van der Waals surface area (Å²) in [5.74, 6) is 0.776. The molecule has 8 nitrogen and oxygen atoms in total. The first-order valence-electron chi connectivity index (χ1n) is 13.3. The Morgan fingerprint density at radius 2 is 1.73 bits per heavy atom. The van der Waals surface area contributed by atoms with Crippen molar-refractivity contribution >= 4 is 38.1 Å². The molecule has 1 N–H and O–H groups in total. The number of sulfonamides is 1. The number of aromatic nitrogens is 4. The Bertz CT molecular complexity index is 1970. The largest absolute Gasteiger partial charge is 0.359 e. The summed E-state index contributed by atoms with van der Waals surface area (Å²) >= 11 is 1.17. The molecule has 0 aliphatic rings. The second-order valence-electron chi connectivity index (χ2n) is 9.96. The quantitative estimate of drug-likeness (QED) is 0.204. The van der Waals surface area contributed by atoms with Gasteiger partial charge < -0.3 is 4.52 Å². The van der Waals surface area contributed by atoms with Crippen LogP contribution in [0.4, 0.5) is 5.82 Å². The van der Waals surface area contributed by atoms with E-state index in [9.17, 15) is 8.42 Å². The summed E-state index contributed by atoms with van der Waals surface area (Å²) in [7, 11) is -3.85. The van der Waals surface area contributed by atoms with Gasteiger partial charge in [0.1, 0.15) is 15.7 Å². The molecule has 0 fully saturated rings. The SMILES string of the molecule is CCc1cc2c(c(C)n1)c(-c1ccccc1)nn2Cc1ccc(-c2ccsc2S(=O)(=O)Nc2noc(C)c2C)cc1. The molecule has 0 spiro atoms. The van der Waals surface area contributed by atoms with E-state index in [1.54, 1.807) is 19.2 Å². The zero-order valence-corrected chi connectivity index (χ0v) is 24.8. The first-order chi connectivity index (χ1) is 19.7. The van der Waals surface area contributed by atoms with Crippen molar-refractivity contribution in [3.63, 3.8) is 0 Å². The maximum Gasteiger partial charge on any atom is 0.273 e. The predicted octanol–water partition coefficient (Wildman–Crippen LogP) is 7.15. The fourth-order valence-electron chi connectivity index (χ4n) is 4.91. The van der Waals surface area contributed by atoms with Gasteiger partial charge in [0.25, 0.3) is 10.0 Å². The molecule has 6 aromatic rings. The van der Waals surface area contributed by atoms with Crippen molar-refractivity contribution in [3.05, 3.63) is 100 Å². The average molecular weight is 584 g/mol. The number of benzene rings is 2. The lowest BCUT2D eigenvalue weighted by Crippen LogP contribution is -2.13. The summed E-state index contributed by atoms with van der Waals surface area (Å²) in [6.45, 7) is 8.23. The minimum atomic E-state index is -3.85. The third-order valence-corrected chi connectivity index (χ3v) is 10.1. The van der Waals surface area contributed by atoms with Crippen molar-refractivity contribution in [2.75, 3.05) is 4.72 Å². The molecule has 208 valence electrons. The molecule has 0 unspecified atom stereocenters. The average Bonchev–Trinajstić information content (AvgIpc) is 3.69. The molecule has 0 aliphatic heterocycles. The monoisotopic (exact) mass is 583 g/mol. The molecule has 0 saturated carbocycles. The Balaban J connectivity index is 1.32. The highest BCUT2D eigenvalue weighted by Crippen LogP contribution is 2.35. The number of hydrogen-bond acceptors (Lipinski definition) is 7. The van der Waals surface area contributed by atoms with Crippen LogP contribution in [0.3, 0.4) is 0 Å². The molecule has 4 aromatic heterocycles. The minimum absolute atomic E-state index is 0.204. The van der Waals surface area contributed by atoms with Crippen molar-refractivity contribution in [1.82, 2.24) is 19.9 Å². The number of nitrogens with zero attached hydrogens (tertiary/aromatic N) is 4. The first-order valence-corrected chi connectivity index (χ1v) is 15.7. The van der Waals surface area contributed by atoms with Crippen LogP contribution in [0.2, 0.25) is 0 Å². The summed E-state index contributed by atoms with van der Waals surface area (Å²) in [4.78, 5) is 4.81. The second-order valence-corrected chi connectivity index (χ2v) is 12.7. The van der Waals surface area contributed by atoms with E-state index in [0.717, 1.165) is 51.1 Å². The molecule has 2 aromatic carbocycles. The van der Waals surface area contributed by atoms with E-state index in [2.05, 4.69) is 35.0 Å². The van der Waals surface area contributed by atoms with E-state index >= 15 is 0 Å². The van der Waals surface area contributed by atoms with E-state index in [0.29, 0.717) is 23.4 Å². The van der Waals surface area contributed by atoms with E-state index in [1.807, 2.05) is 60.1 Å². The van der Waals surface area contributed by atoms with Gasteiger partial charge in [-0.2, -0.15) is 5.10 Å². The first kappa shape index (κ1) is 26.9. The lowest BCUT2D eigenvalue weighted by Gasteiger charge is -2.09. The number of fused-ring (bicyclic) bond motifs is 1. The van der Waals surface area contributed by atoms with Crippen LogP contribution >= 0.6 is 11.3 Å². The highest BCUT2D eigenvalue weighted by Gasteiger charge is 2.24. The van der Waals surface area contributed by atoms with Crippen LogP contribution in [0.25, 0.3) is 33.3 Å². The zero-order chi connectivity index (χ0) is 28.7. The van der Waals surface area contributed by atoms with Crippen LogP contribution in [0.15, 0.2) is 80.8 Å². The number of pyridine rings is 1. The number of thiophene rings is 1. The van der Waals surface area contributed by atoms with E-state index in [-0.39, 0.29) is 10.0 Å². The number of aryl methyl sites for hydroxylation is 3. The Labute approximate surface area is 242 Å². The minimum Gasteiger partial charge on any atom is -0.359 e. The number of rotatable bonds is 8. The summed E-state index contributed by atoms with van der Waals surface area (Å²) in [6, 6.07) is 22.1. The number of nitrogens with one attached hydrogen (secondary N) is 1.